The third kappa shape index (κ3) is 6.62. The smallest absolute Gasteiger partial charge is 0.261 e. The zero-order chi connectivity index (χ0) is 23.0. The fourth-order valence-electron chi connectivity index (χ4n) is 3.40. The summed E-state index contributed by atoms with van der Waals surface area (Å²) in [6.07, 6.45) is 0.487. The maximum absolute atomic E-state index is 13.2. The Kier molecular flexibility index (Phi) is 9.19. The van der Waals surface area contributed by atoms with E-state index in [0.717, 1.165) is 16.7 Å². The van der Waals surface area contributed by atoms with E-state index < -0.39 is 6.04 Å². The van der Waals surface area contributed by atoms with Crippen LogP contribution in [0.2, 0.25) is 5.02 Å². The van der Waals surface area contributed by atoms with E-state index in [0.29, 0.717) is 29.5 Å². The number of amides is 2. The number of likely N-dealkylation sites (N-methyl/N-ethyl adjacent to an activating group) is 1. The summed E-state index contributed by atoms with van der Waals surface area (Å²) in [5.74, 6) is 0.810. The van der Waals surface area contributed by atoms with Crippen LogP contribution >= 0.6 is 11.6 Å². The minimum absolute atomic E-state index is 0.180. The number of carbonyl (C=O) groups is 2. The lowest BCUT2D eigenvalue weighted by atomic mass is 10.1. The van der Waals surface area contributed by atoms with Crippen LogP contribution in [0, 0.1) is 13.8 Å². The first kappa shape index (κ1) is 24.5. The quantitative estimate of drug-likeness (QED) is 0.591. The summed E-state index contributed by atoms with van der Waals surface area (Å²) in [5, 5.41) is 3.50. The van der Waals surface area contributed by atoms with Crippen molar-refractivity contribution in [3.8, 4) is 11.5 Å². The van der Waals surface area contributed by atoms with Crippen LogP contribution in [0.5, 0.6) is 11.5 Å². The van der Waals surface area contributed by atoms with Crippen LogP contribution < -0.4 is 14.8 Å². The number of rotatable bonds is 10. The fourth-order valence-corrected chi connectivity index (χ4v) is 3.51. The number of ether oxygens (including phenoxy) is 2. The molecule has 0 spiro atoms. The SMILES string of the molecule is CCNC(=O)C(CC)N(Cc1cccc(OC)c1)C(=O)COc1cc(C)c(Cl)c(C)c1. The Morgan fingerprint density at radius 1 is 1.10 bits per heavy atom. The Labute approximate surface area is 189 Å². The molecule has 0 bridgehead atoms. The number of halogens is 1. The lowest BCUT2D eigenvalue weighted by Gasteiger charge is -2.30. The molecule has 0 fully saturated rings. The average molecular weight is 447 g/mol. The van der Waals surface area contributed by atoms with Gasteiger partial charge in [0.2, 0.25) is 5.91 Å². The van der Waals surface area contributed by atoms with Gasteiger partial charge in [-0.05, 0) is 68.1 Å². The first-order valence-electron chi connectivity index (χ1n) is 10.4. The number of aryl methyl sites for hydroxylation is 2. The van der Waals surface area contributed by atoms with Gasteiger partial charge in [-0.1, -0.05) is 30.7 Å². The van der Waals surface area contributed by atoms with Gasteiger partial charge in [0, 0.05) is 18.1 Å². The van der Waals surface area contributed by atoms with E-state index in [1.54, 1.807) is 24.1 Å². The first-order valence-corrected chi connectivity index (χ1v) is 10.8. The highest BCUT2D eigenvalue weighted by Gasteiger charge is 2.28. The molecule has 168 valence electrons. The van der Waals surface area contributed by atoms with Crippen molar-refractivity contribution in [2.45, 2.75) is 46.7 Å². The molecule has 2 amide bonds. The van der Waals surface area contributed by atoms with Crippen LogP contribution in [0.4, 0.5) is 0 Å². The molecule has 2 aromatic rings. The van der Waals surface area contributed by atoms with E-state index >= 15 is 0 Å². The van der Waals surface area contributed by atoms with E-state index in [9.17, 15) is 9.59 Å². The monoisotopic (exact) mass is 446 g/mol. The Hall–Kier alpha value is -2.73. The molecule has 2 aromatic carbocycles. The Morgan fingerprint density at radius 3 is 2.35 bits per heavy atom. The zero-order valence-electron chi connectivity index (χ0n) is 18.8. The van der Waals surface area contributed by atoms with E-state index in [1.165, 1.54) is 0 Å². The molecule has 7 heteroatoms. The maximum atomic E-state index is 13.2. The molecule has 1 N–H and O–H groups in total. The van der Waals surface area contributed by atoms with Gasteiger partial charge < -0.3 is 19.7 Å². The molecule has 1 unspecified atom stereocenters. The van der Waals surface area contributed by atoms with E-state index in [4.69, 9.17) is 21.1 Å². The largest absolute Gasteiger partial charge is 0.497 e. The van der Waals surface area contributed by atoms with Crippen molar-refractivity contribution in [2.75, 3.05) is 20.3 Å². The number of nitrogens with zero attached hydrogens (tertiary/aromatic N) is 1. The number of benzene rings is 2. The van der Waals surface area contributed by atoms with E-state index in [2.05, 4.69) is 5.32 Å². The minimum atomic E-state index is -0.601. The second-order valence-electron chi connectivity index (χ2n) is 7.35. The normalized spacial score (nSPS) is 11.5. The average Bonchev–Trinajstić information content (AvgIpc) is 2.75. The molecule has 0 saturated carbocycles. The summed E-state index contributed by atoms with van der Waals surface area (Å²) in [7, 11) is 1.59. The first-order chi connectivity index (χ1) is 14.8. The molecule has 1 atom stereocenters. The van der Waals surface area contributed by atoms with Gasteiger partial charge in [-0.2, -0.15) is 0 Å². The lowest BCUT2D eigenvalue weighted by Crippen LogP contribution is -2.50. The van der Waals surface area contributed by atoms with Crippen LogP contribution in [0.15, 0.2) is 36.4 Å². The molecular formula is C24H31ClN2O4. The van der Waals surface area contributed by atoms with Crippen LogP contribution in [0.3, 0.4) is 0 Å². The number of nitrogens with one attached hydrogen (secondary N) is 1. The summed E-state index contributed by atoms with van der Waals surface area (Å²) in [6.45, 7) is 8.11. The van der Waals surface area contributed by atoms with Crippen molar-refractivity contribution in [2.24, 2.45) is 0 Å². The van der Waals surface area contributed by atoms with Gasteiger partial charge in [0.05, 0.1) is 7.11 Å². The summed E-state index contributed by atoms with van der Waals surface area (Å²) >= 11 is 6.22. The molecule has 0 aliphatic heterocycles. The molecular weight excluding hydrogens is 416 g/mol. The van der Waals surface area contributed by atoms with Crippen molar-refractivity contribution < 1.29 is 19.1 Å². The van der Waals surface area contributed by atoms with Crippen LogP contribution in [-0.4, -0.2) is 43.0 Å². The predicted molar refractivity (Wildman–Crippen MR) is 123 cm³/mol. The molecule has 31 heavy (non-hydrogen) atoms. The number of methoxy groups -OCH3 is 1. The molecule has 0 radical (unpaired) electrons. The minimum Gasteiger partial charge on any atom is -0.497 e. The Bertz CT molecular complexity index is 893. The van der Waals surface area contributed by atoms with Crippen molar-refractivity contribution in [3.05, 3.63) is 58.1 Å². The van der Waals surface area contributed by atoms with E-state index in [-0.39, 0.29) is 25.0 Å². The van der Waals surface area contributed by atoms with Crippen molar-refractivity contribution in [1.29, 1.82) is 0 Å². The van der Waals surface area contributed by atoms with Crippen molar-refractivity contribution in [1.82, 2.24) is 10.2 Å². The molecule has 0 aliphatic rings. The highest BCUT2D eigenvalue weighted by molar-refractivity contribution is 6.32. The molecule has 2 rings (SSSR count). The van der Waals surface area contributed by atoms with Gasteiger partial charge in [0.15, 0.2) is 6.61 Å². The van der Waals surface area contributed by atoms with Gasteiger partial charge in [-0.25, -0.2) is 0 Å². The summed E-state index contributed by atoms with van der Waals surface area (Å²) in [4.78, 5) is 27.4. The topological polar surface area (TPSA) is 67.9 Å². The molecule has 0 aliphatic carbocycles. The van der Waals surface area contributed by atoms with E-state index in [1.807, 2.05) is 52.0 Å². The molecule has 0 aromatic heterocycles. The standard InChI is InChI=1S/C24H31ClN2O4/c1-6-21(24(29)26-7-2)27(14-18-9-8-10-19(13-18)30-5)22(28)15-31-20-11-16(3)23(25)17(4)12-20/h8-13,21H,6-7,14-15H2,1-5H3,(H,26,29). The number of hydrogen-bond donors (Lipinski definition) is 1. The second kappa shape index (κ2) is 11.6. The summed E-state index contributed by atoms with van der Waals surface area (Å²) in [6, 6.07) is 10.5. The molecule has 0 saturated heterocycles. The van der Waals surface area contributed by atoms with Gasteiger partial charge in [-0.3, -0.25) is 9.59 Å². The van der Waals surface area contributed by atoms with Crippen LogP contribution in [0.25, 0.3) is 0 Å². The Balaban J connectivity index is 2.25. The third-order valence-corrected chi connectivity index (χ3v) is 5.59. The maximum Gasteiger partial charge on any atom is 0.261 e. The second-order valence-corrected chi connectivity index (χ2v) is 7.73. The third-order valence-electron chi connectivity index (χ3n) is 5.00. The van der Waals surface area contributed by atoms with Gasteiger partial charge in [0.1, 0.15) is 17.5 Å². The summed E-state index contributed by atoms with van der Waals surface area (Å²) < 4.78 is 11.1. The number of carbonyl (C=O) groups excluding carboxylic acids is 2. The summed E-state index contributed by atoms with van der Waals surface area (Å²) in [5.41, 5.74) is 2.63. The highest BCUT2D eigenvalue weighted by atomic mass is 35.5. The Morgan fingerprint density at radius 2 is 1.77 bits per heavy atom. The number of hydrogen-bond acceptors (Lipinski definition) is 4. The van der Waals surface area contributed by atoms with Gasteiger partial charge in [-0.15, -0.1) is 0 Å². The fraction of sp³-hybridized carbons (Fsp3) is 0.417. The predicted octanol–water partition coefficient (Wildman–Crippen LogP) is 4.29. The van der Waals surface area contributed by atoms with Gasteiger partial charge >= 0.3 is 0 Å². The van der Waals surface area contributed by atoms with Gasteiger partial charge in [0.25, 0.3) is 5.91 Å². The lowest BCUT2D eigenvalue weighted by molar-refractivity contribution is -0.142. The van der Waals surface area contributed by atoms with Crippen molar-refractivity contribution >= 4 is 23.4 Å². The molecule has 0 heterocycles. The highest BCUT2D eigenvalue weighted by Crippen LogP contribution is 2.26. The molecule has 6 nitrogen and oxygen atoms in total. The van der Waals surface area contributed by atoms with Crippen LogP contribution in [0.1, 0.15) is 37.0 Å². The zero-order valence-corrected chi connectivity index (χ0v) is 19.6. The van der Waals surface area contributed by atoms with Crippen molar-refractivity contribution in [3.63, 3.8) is 0 Å². The van der Waals surface area contributed by atoms with Crippen LogP contribution in [-0.2, 0) is 16.1 Å².